The van der Waals surface area contributed by atoms with Crippen LogP contribution in [0.5, 0.6) is 0 Å². The minimum absolute atomic E-state index is 0.510. The van der Waals surface area contributed by atoms with E-state index < -0.39 is 0 Å². The third kappa shape index (κ3) is 4.10. The number of pyridine rings is 1. The lowest BCUT2D eigenvalue weighted by atomic mass is 10.1. The Bertz CT molecular complexity index is 372. The number of hydrogen-bond acceptors (Lipinski definition) is 3. The third-order valence-corrected chi connectivity index (χ3v) is 3.27. The predicted molar refractivity (Wildman–Crippen MR) is 71.0 cm³/mol. The maximum absolute atomic E-state index is 4.48. The molecule has 0 spiro atoms. The molecule has 0 radical (unpaired) electrons. The lowest BCUT2D eigenvalue weighted by Crippen LogP contribution is -2.36. The van der Waals surface area contributed by atoms with E-state index in [2.05, 4.69) is 41.6 Å². The molecule has 2 N–H and O–H groups in total. The Hall–Kier alpha value is -0.930. The Kier molecular flexibility index (Phi) is 4.13. The van der Waals surface area contributed by atoms with Crippen molar-refractivity contribution in [3.8, 4) is 0 Å². The van der Waals surface area contributed by atoms with E-state index >= 15 is 0 Å². The molecule has 1 saturated carbocycles. The van der Waals surface area contributed by atoms with E-state index in [4.69, 9.17) is 0 Å². The highest BCUT2D eigenvalue weighted by atomic mass is 15.0. The van der Waals surface area contributed by atoms with E-state index in [9.17, 15) is 0 Å². The summed E-state index contributed by atoms with van der Waals surface area (Å²) in [6.45, 7) is 8.31. The standard InChI is InChI=1S/C14H23N3/c1-10-4-5-13(12(3)17-10)9-15-11(2)8-16-14-6-7-14/h4-5,11,14-16H,6-9H2,1-3H3. The van der Waals surface area contributed by atoms with Gasteiger partial charge in [-0.2, -0.15) is 0 Å². The zero-order valence-electron chi connectivity index (χ0n) is 11.1. The summed E-state index contributed by atoms with van der Waals surface area (Å²) in [5, 5.41) is 7.08. The summed E-state index contributed by atoms with van der Waals surface area (Å²) in [7, 11) is 0. The largest absolute Gasteiger partial charge is 0.312 e. The molecule has 1 fully saturated rings. The summed E-state index contributed by atoms with van der Waals surface area (Å²) in [6.07, 6.45) is 2.71. The molecule has 1 aromatic heterocycles. The fourth-order valence-corrected chi connectivity index (χ4v) is 1.89. The molecule has 0 amide bonds. The zero-order chi connectivity index (χ0) is 12.3. The van der Waals surface area contributed by atoms with Gasteiger partial charge < -0.3 is 10.6 Å². The second-order valence-electron chi connectivity index (χ2n) is 5.16. The number of rotatable bonds is 6. The number of hydrogen-bond donors (Lipinski definition) is 2. The normalized spacial score (nSPS) is 17.1. The second kappa shape index (κ2) is 5.61. The van der Waals surface area contributed by atoms with Crippen LogP contribution >= 0.6 is 0 Å². The Balaban J connectivity index is 1.75. The molecule has 1 atom stereocenters. The Labute approximate surface area is 104 Å². The van der Waals surface area contributed by atoms with Crippen LogP contribution < -0.4 is 10.6 Å². The molecule has 0 aliphatic heterocycles. The average molecular weight is 233 g/mol. The van der Waals surface area contributed by atoms with Crippen molar-refractivity contribution in [2.24, 2.45) is 0 Å². The first kappa shape index (κ1) is 12.5. The maximum Gasteiger partial charge on any atom is 0.0420 e. The monoisotopic (exact) mass is 233 g/mol. The van der Waals surface area contributed by atoms with Gasteiger partial charge in [0.15, 0.2) is 0 Å². The Morgan fingerprint density at radius 1 is 1.35 bits per heavy atom. The first-order valence-corrected chi connectivity index (χ1v) is 6.55. The van der Waals surface area contributed by atoms with Crippen molar-refractivity contribution in [1.29, 1.82) is 0 Å². The second-order valence-corrected chi connectivity index (χ2v) is 5.16. The van der Waals surface area contributed by atoms with Gasteiger partial charge in [0.25, 0.3) is 0 Å². The van der Waals surface area contributed by atoms with Gasteiger partial charge in [0, 0.05) is 36.6 Å². The van der Waals surface area contributed by atoms with E-state index in [-0.39, 0.29) is 0 Å². The molecular formula is C14H23N3. The summed E-state index contributed by atoms with van der Waals surface area (Å²) >= 11 is 0. The summed E-state index contributed by atoms with van der Waals surface area (Å²) in [6, 6.07) is 5.56. The van der Waals surface area contributed by atoms with Crippen LogP contribution in [-0.2, 0) is 6.54 Å². The summed E-state index contributed by atoms with van der Waals surface area (Å²) in [5.74, 6) is 0. The van der Waals surface area contributed by atoms with Crippen molar-refractivity contribution in [3.05, 3.63) is 29.1 Å². The number of aromatic nitrogens is 1. The molecule has 1 heterocycles. The van der Waals surface area contributed by atoms with Crippen molar-refractivity contribution in [2.75, 3.05) is 6.54 Å². The average Bonchev–Trinajstić information content (AvgIpc) is 3.09. The first-order valence-electron chi connectivity index (χ1n) is 6.55. The van der Waals surface area contributed by atoms with Crippen molar-refractivity contribution in [2.45, 2.75) is 52.2 Å². The number of nitrogens with one attached hydrogen (secondary N) is 2. The van der Waals surface area contributed by atoms with Crippen molar-refractivity contribution in [3.63, 3.8) is 0 Å². The van der Waals surface area contributed by atoms with Gasteiger partial charge in [-0.15, -0.1) is 0 Å². The number of nitrogens with zero attached hydrogens (tertiary/aromatic N) is 1. The Morgan fingerprint density at radius 3 is 2.76 bits per heavy atom. The predicted octanol–water partition coefficient (Wildman–Crippen LogP) is 1.93. The molecule has 0 bridgehead atoms. The molecule has 0 saturated heterocycles. The smallest absolute Gasteiger partial charge is 0.0420 e. The Morgan fingerprint density at radius 2 is 2.12 bits per heavy atom. The van der Waals surface area contributed by atoms with Gasteiger partial charge in [0.2, 0.25) is 0 Å². The van der Waals surface area contributed by atoms with Gasteiger partial charge in [-0.05, 0) is 45.2 Å². The highest BCUT2D eigenvalue weighted by molar-refractivity contribution is 5.21. The molecule has 3 heteroatoms. The molecule has 1 aromatic rings. The maximum atomic E-state index is 4.48. The molecule has 2 rings (SSSR count). The van der Waals surface area contributed by atoms with Crippen LogP contribution in [-0.4, -0.2) is 23.6 Å². The minimum atomic E-state index is 0.510. The van der Waals surface area contributed by atoms with Crippen LogP contribution in [0.3, 0.4) is 0 Å². The highest BCUT2D eigenvalue weighted by Crippen LogP contribution is 2.18. The van der Waals surface area contributed by atoms with Gasteiger partial charge in [0.1, 0.15) is 0 Å². The van der Waals surface area contributed by atoms with E-state index in [0.29, 0.717) is 6.04 Å². The van der Waals surface area contributed by atoms with Gasteiger partial charge in [-0.1, -0.05) is 6.07 Å². The molecule has 94 valence electrons. The topological polar surface area (TPSA) is 37.0 Å². The fourth-order valence-electron chi connectivity index (χ4n) is 1.89. The summed E-state index contributed by atoms with van der Waals surface area (Å²) < 4.78 is 0. The molecule has 1 aliphatic rings. The molecule has 1 aliphatic carbocycles. The van der Waals surface area contributed by atoms with E-state index in [0.717, 1.165) is 30.5 Å². The van der Waals surface area contributed by atoms with Crippen molar-refractivity contribution < 1.29 is 0 Å². The van der Waals surface area contributed by atoms with Crippen LogP contribution in [0.25, 0.3) is 0 Å². The lowest BCUT2D eigenvalue weighted by Gasteiger charge is -2.15. The quantitative estimate of drug-likeness (QED) is 0.788. The number of aryl methyl sites for hydroxylation is 2. The fraction of sp³-hybridized carbons (Fsp3) is 0.643. The molecule has 17 heavy (non-hydrogen) atoms. The zero-order valence-corrected chi connectivity index (χ0v) is 11.1. The summed E-state index contributed by atoms with van der Waals surface area (Å²) in [4.78, 5) is 4.48. The van der Waals surface area contributed by atoms with Gasteiger partial charge >= 0.3 is 0 Å². The first-order chi connectivity index (χ1) is 8.15. The van der Waals surface area contributed by atoms with Gasteiger partial charge in [-0.25, -0.2) is 0 Å². The minimum Gasteiger partial charge on any atom is -0.312 e. The van der Waals surface area contributed by atoms with Crippen LogP contribution in [0.4, 0.5) is 0 Å². The summed E-state index contributed by atoms with van der Waals surface area (Å²) in [5.41, 5.74) is 3.53. The van der Waals surface area contributed by atoms with Crippen molar-refractivity contribution >= 4 is 0 Å². The van der Waals surface area contributed by atoms with Crippen LogP contribution in [0, 0.1) is 13.8 Å². The van der Waals surface area contributed by atoms with Crippen molar-refractivity contribution in [1.82, 2.24) is 15.6 Å². The molecule has 0 aromatic carbocycles. The lowest BCUT2D eigenvalue weighted by molar-refractivity contribution is 0.499. The van der Waals surface area contributed by atoms with Crippen LogP contribution in [0.15, 0.2) is 12.1 Å². The third-order valence-electron chi connectivity index (χ3n) is 3.27. The van der Waals surface area contributed by atoms with Gasteiger partial charge in [0.05, 0.1) is 0 Å². The van der Waals surface area contributed by atoms with Gasteiger partial charge in [-0.3, -0.25) is 4.98 Å². The molecule has 1 unspecified atom stereocenters. The highest BCUT2D eigenvalue weighted by Gasteiger charge is 2.20. The van der Waals surface area contributed by atoms with E-state index in [1.807, 2.05) is 6.92 Å². The van der Waals surface area contributed by atoms with E-state index in [1.54, 1.807) is 0 Å². The molecular weight excluding hydrogens is 210 g/mol. The van der Waals surface area contributed by atoms with E-state index in [1.165, 1.54) is 18.4 Å². The molecule has 3 nitrogen and oxygen atoms in total. The van der Waals surface area contributed by atoms with Crippen LogP contribution in [0.1, 0.15) is 36.7 Å². The van der Waals surface area contributed by atoms with Crippen LogP contribution in [0.2, 0.25) is 0 Å². The SMILES string of the molecule is Cc1ccc(CNC(C)CNC2CC2)c(C)n1.